The van der Waals surface area contributed by atoms with Crippen molar-refractivity contribution in [3.63, 3.8) is 0 Å². The van der Waals surface area contributed by atoms with Crippen LogP contribution in [0, 0.1) is 0 Å². The molecule has 8 nitrogen and oxygen atoms in total. The lowest BCUT2D eigenvalue weighted by molar-refractivity contribution is 0.0573. The topological polar surface area (TPSA) is 85.6 Å². The third-order valence-corrected chi connectivity index (χ3v) is 9.10. The number of hydrogen-bond donors (Lipinski definition) is 1. The Kier molecular flexibility index (Phi) is 8.30. The maximum absolute atomic E-state index is 13.9. The van der Waals surface area contributed by atoms with E-state index < -0.39 is 0 Å². The minimum absolute atomic E-state index is 0.107. The molecule has 0 spiro atoms. The number of aromatic nitrogens is 2. The van der Waals surface area contributed by atoms with Crippen LogP contribution in [-0.4, -0.2) is 45.6 Å². The van der Waals surface area contributed by atoms with E-state index in [9.17, 15) is 14.4 Å². The summed E-state index contributed by atoms with van der Waals surface area (Å²) in [5.74, 6) is -0.507. The third kappa shape index (κ3) is 5.58. The molecular weight excluding hydrogens is 584 g/mol. The number of hydrogen-bond acceptors (Lipinski definition) is 4. The van der Waals surface area contributed by atoms with E-state index in [4.69, 9.17) is 16.3 Å². The molecule has 0 bridgehead atoms. The van der Waals surface area contributed by atoms with Gasteiger partial charge in [-0.1, -0.05) is 41.9 Å². The Morgan fingerprint density at radius 2 is 1.79 bits per heavy atom. The largest absolute Gasteiger partial charge is 0.381 e. The number of carbonyl (C=O) groups is 2. The van der Waals surface area contributed by atoms with E-state index in [0.717, 1.165) is 31.2 Å². The fraction of sp³-hybridized carbons (Fsp3) is 0.414. The van der Waals surface area contributed by atoms with Crippen molar-refractivity contribution >= 4 is 39.3 Å². The van der Waals surface area contributed by atoms with Crippen LogP contribution in [0.2, 0.25) is 5.02 Å². The highest BCUT2D eigenvalue weighted by molar-refractivity contribution is 9.10. The smallest absolute Gasteiger partial charge is 0.329 e. The number of halogens is 2. The van der Waals surface area contributed by atoms with Crippen molar-refractivity contribution in [2.75, 3.05) is 13.7 Å². The molecule has 2 amide bonds. The highest BCUT2D eigenvalue weighted by atomic mass is 79.9. The summed E-state index contributed by atoms with van der Waals surface area (Å²) in [6.45, 7) is 2.76. The van der Waals surface area contributed by atoms with Gasteiger partial charge in [-0.2, -0.15) is 0 Å². The van der Waals surface area contributed by atoms with Gasteiger partial charge in [-0.3, -0.25) is 18.7 Å². The summed E-state index contributed by atoms with van der Waals surface area (Å²) in [4.78, 5) is 42.8. The van der Waals surface area contributed by atoms with Crippen molar-refractivity contribution in [3.8, 4) is 0 Å². The number of nitrogens with zero attached hydrogens (tertiary/aromatic N) is 3. The van der Waals surface area contributed by atoms with Gasteiger partial charge in [-0.05, 0) is 72.3 Å². The van der Waals surface area contributed by atoms with E-state index in [1.807, 2.05) is 37.3 Å². The summed E-state index contributed by atoms with van der Waals surface area (Å²) in [6, 6.07) is 14.4. The van der Waals surface area contributed by atoms with Gasteiger partial charge < -0.3 is 15.0 Å². The summed E-state index contributed by atoms with van der Waals surface area (Å²) in [5, 5.41) is 3.55. The van der Waals surface area contributed by atoms with Gasteiger partial charge in [0.05, 0.1) is 29.4 Å². The number of amides is 2. The number of benzene rings is 2. The standard InChI is InChI=1S/C29H32BrClN4O4/c1-18(19-6-4-3-5-7-19)32-27(36)26-25-17-33(28(37)20-8-13-23(30)24(31)16-20)14-15-34(25)29(38)35(26)21-9-11-22(39-2)12-10-21/h3-8,13,16,18,21-22H,9-12,14-15,17H2,1-2H3,(H,32,36)/t18-,21?,22?/m0/s1. The van der Waals surface area contributed by atoms with Crippen LogP contribution in [0.5, 0.6) is 0 Å². The molecule has 5 rings (SSSR count). The van der Waals surface area contributed by atoms with Crippen molar-refractivity contribution in [2.45, 2.75) is 63.9 Å². The Labute approximate surface area is 241 Å². The lowest BCUT2D eigenvalue weighted by atomic mass is 9.92. The normalized spacial score (nSPS) is 19.8. The van der Waals surface area contributed by atoms with Crippen molar-refractivity contribution in [1.29, 1.82) is 0 Å². The molecule has 10 heteroatoms. The first-order valence-corrected chi connectivity index (χ1v) is 14.4. The maximum Gasteiger partial charge on any atom is 0.329 e. The van der Waals surface area contributed by atoms with Crippen molar-refractivity contribution in [1.82, 2.24) is 19.4 Å². The van der Waals surface area contributed by atoms with E-state index in [1.165, 1.54) is 0 Å². The third-order valence-electron chi connectivity index (χ3n) is 7.87. The molecule has 1 aliphatic carbocycles. The second-order valence-corrected chi connectivity index (χ2v) is 11.5. The van der Waals surface area contributed by atoms with E-state index in [1.54, 1.807) is 39.3 Å². The Morgan fingerprint density at radius 1 is 1.08 bits per heavy atom. The Morgan fingerprint density at radius 3 is 2.46 bits per heavy atom. The van der Waals surface area contributed by atoms with Crippen molar-refractivity contribution in [3.05, 3.63) is 91.0 Å². The first kappa shape index (κ1) is 27.7. The number of carbonyl (C=O) groups excluding carboxylic acids is 2. The van der Waals surface area contributed by atoms with E-state index in [2.05, 4.69) is 21.2 Å². The number of ether oxygens (including phenoxy) is 1. The molecule has 1 saturated carbocycles. The molecule has 0 radical (unpaired) electrons. The van der Waals surface area contributed by atoms with Crippen LogP contribution in [0.15, 0.2) is 57.8 Å². The first-order valence-electron chi connectivity index (χ1n) is 13.2. The number of rotatable bonds is 6. The molecule has 3 aromatic rings. The van der Waals surface area contributed by atoms with Gasteiger partial charge >= 0.3 is 5.69 Å². The van der Waals surface area contributed by atoms with Gasteiger partial charge in [0.2, 0.25) is 0 Å². The second kappa shape index (κ2) is 11.7. The molecule has 206 valence electrons. The summed E-state index contributed by atoms with van der Waals surface area (Å²) >= 11 is 9.61. The zero-order valence-electron chi connectivity index (χ0n) is 22.0. The fourth-order valence-corrected chi connectivity index (χ4v) is 6.10. The van der Waals surface area contributed by atoms with E-state index >= 15 is 0 Å². The van der Waals surface area contributed by atoms with Gasteiger partial charge in [-0.25, -0.2) is 4.79 Å². The van der Waals surface area contributed by atoms with Crippen LogP contribution in [0.4, 0.5) is 0 Å². The number of fused-ring (bicyclic) bond motifs is 1. The van der Waals surface area contributed by atoms with Gasteiger partial charge in [0.15, 0.2) is 0 Å². The maximum atomic E-state index is 13.9. The van der Waals surface area contributed by atoms with Crippen LogP contribution in [0.25, 0.3) is 0 Å². The lowest BCUT2D eigenvalue weighted by Gasteiger charge is -2.30. The average molecular weight is 616 g/mol. The summed E-state index contributed by atoms with van der Waals surface area (Å²) in [5.41, 5.74) is 2.14. The molecule has 2 heterocycles. The number of imidazole rings is 1. The molecule has 1 fully saturated rings. The molecule has 0 saturated heterocycles. The molecule has 1 aliphatic heterocycles. The van der Waals surface area contributed by atoms with Crippen LogP contribution in [0.3, 0.4) is 0 Å². The van der Waals surface area contributed by atoms with Crippen molar-refractivity contribution in [2.24, 2.45) is 0 Å². The van der Waals surface area contributed by atoms with Gasteiger partial charge in [0.1, 0.15) is 5.69 Å². The predicted octanol–water partition coefficient (Wildman–Crippen LogP) is 5.34. The van der Waals surface area contributed by atoms with Crippen LogP contribution >= 0.6 is 27.5 Å². The Bertz CT molecular complexity index is 1430. The minimum atomic E-state index is -0.313. The van der Waals surface area contributed by atoms with Gasteiger partial charge in [-0.15, -0.1) is 0 Å². The Balaban J connectivity index is 1.50. The average Bonchev–Trinajstić information content (AvgIpc) is 3.26. The monoisotopic (exact) mass is 614 g/mol. The number of nitrogens with one attached hydrogen (secondary N) is 1. The van der Waals surface area contributed by atoms with Crippen LogP contribution in [0.1, 0.15) is 76.8 Å². The molecule has 2 aliphatic rings. The van der Waals surface area contributed by atoms with Crippen LogP contribution < -0.4 is 11.0 Å². The zero-order valence-corrected chi connectivity index (χ0v) is 24.4. The summed E-state index contributed by atoms with van der Waals surface area (Å²) in [7, 11) is 1.71. The highest BCUT2D eigenvalue weighted by Crippen LogP contribution is 2.32. The molecular formula is C29H32BrClN4O4. The van der Waals surface area contributed by atoms with Gasteiger partial charge in [0.25, 0.3) is 11.8 Å². The lowest BCUT2D eigenvalue weighted by Crippen LogP contribution is -2.41. The Hall–Kier alpha value is -2.88. The first-order chi connectivity index (χ1) is 18.8. The molecule has 1 aromatic heterocycles. The SMILES string of the molecule is COC1CCC(n2c(C(=O)N[C@@H](C)c3ccccc3)c3n(c2=O)CCN(C(=O)c2ccc(Br)c(Cl)c2)C3)CC1. The summed E-state index contributed by atoms with van der Waals surface area (Å²) < 4.78 is 9.59. The van der Waals surface area contributed by atoms with Crippen molar-refractivity contribution < 1.29 is 14.3 Å². The minimum Gasteiger partial charge on any atom is -0.381 e. The summed E-state index contributed by atoms with van der Waals surface area (Å²) in [6.07, 6.45) is 3.30. The highest BCUT2D eigenvalue weighted by Gasteiger charge is 2.35. The fourth-order valence-electron chi connectivity index (χ4n) is 5.67. The second-order valence-electron chi connectivity index (χ2n) is 10.2. The quantitative estimate of drug-likeness (QED) is 0.406. The molecule has 39 heavy (non-hydrogen) atoms. The molecule has 1 N–H and O–H groups in total. The molecule has 0 unspecified atom stereocenters. The molecule has 2 aromatic carbocycles. The van der Waals surface area contributed by atoms with Gasteiger partial charge in [0, 0.05) is 36.3 Å². The molecule has 1 atom stereocenters. The van der Waals surface area contributed by atoms with E-state index in [-0.39, 0.29) is 42.2 Å². The van der Waals surface area contributed by atoms with E-state index in [0.29, 0.717) is 39.5 Å². The number of methoxy groups -OCH3 is 1. The van der Waals surface area contributed by atoms with Crippen LogP contribution in [-0.2, 0) is 17.8 Å². The predicted molar refractivity (Wildman–Crippen MR) is 153 cm³/mol. The zero-order chi connectivity index (χ0) is 27.7.